The molecule has 0 bridgehead atoms. The van der Waals surface area contributed by atoms with E-state index >= 15 is 0 Å². The van der Waals surface area contributed by atoms with Gasteiger partial charge in [-0.05, 0) is 25.4 Å². The SMILES string of the molecule is O=S(=O)(NC[C@H]1CCNC1)C(F)(F)F. The fraction of sp³-hybridized carbons (Fsp3) is 1.00. The first kappa shape index (κ1) is 11.7. The van der Waals surface area contributed by atoms with Crippen molar-refractivity contribution in [2.45, 2.75) is 11.9 Å². The molecule has 84 valence electrons. The fourth-order valence-corrected chi connectivity index (χ4v) is 1.82. The number of hydrogen-bond acceptors (Lipinski definition) is 3. The predicted octanol–water partition coefficient (Wildman–Crippen LogP) is 0.0351. The van der Waals surface area contributed by atoms with E-state index in [2.05, 4.69) is 5.32 Å². The minimum absolute atomic E-state index is 0.0490. The van der Waals surface area contributed by atoms with Crippen LogP contribution in [0.25, 0.3) is 0 Å². The highest BCUT2D eigenvalue weighted by molar-refractivity contribution is 7.90. The Morgan fingerprint density at radius 2 is 2.07 bits per heavy atom. The van der Waals surface area contributed by atoms with E-state index in [-0.39, 0.29) is 12.5 Å². The van der Waals surface area contributed by atoms with E-state index in [4.69, 9.17) is 0 Å². The number of sulfonamides is 1. The fourth-order valence-electron chi connectivity index (χ4n) is 1.20. The third kappa shape index (κ3) is 2.82. The van der Waals surface area contributed by atoms with Crippen molar-refractivity contribution in [1.82, 2.24) is 10.0 Å². The van der Waals surface area contributed by atoms with Crippen LogP contribution in [0.2, 0.25) is 0 Å². The zero-order valence-corrected chi connectivity index (χ0v) is 8.08. The highest BCUT2D eigenvalue weighted by Crippen LogP contribution is 2.21. The maximum Gasteiger partial charge on any atom is 0.511 e. The van der Waals surface area contributed by atoms with Crippen molar-refractivity contribution >= 4 is 10.0 Å². The molecule has 1 fully saturated rings. The van der Waals surface area contributed by atoms with Crippen LogP contribution in [0.3, 0.4) is 0 Å². The number of rotatable bonds is 3. The van der Waals surface area contributed by atoms with Gasteiger partial charge >= 0.3 is 15.5 Å². The van der Waals surface area contributed by atoms with E-state index in [9.17, 15) is 21.6 Å². The highest BCUT2D eigenvalue weighted by Gasteiger charge is 2.45. The van der Waals surface area contributed by atoms with Crippen LogP contribution >= 0.6 is 0 Å². The standard InChI is InChI=1S/C6H11F3N2O2S/c7-6(8,9)14(12,13)11-4-5-1-2-10-3-5/h5,10-11H,1-4H2/t5-/m0/s1. The van der Waals surface area contributed by atoms with E-state index in [1.54, 1.807) is 4.72 Å². The summed E-state index contributed by atoms with van der Waals surface area (Å²) in [4.78, 5) is 0. The molecule has 0 unspecified atom stereocenters. The van der Waals surface area contributed by atoms with Crippen molar-refractivity contribution in [2.75, 3.05) is 19.6 Å². The van der Waals surface area contributed by atoms with Gasteiger partial charge in [0.15, 0.2) is 0 Å². The van der Waals surface area contributed by atoms with Crippen molar-refractivity contribution in [3.8, 4) is 0 Å². The van der Waals surface area contributed by atoms with Gasteiger partial charge < -0.3 is 5.32 Å². The Morgan fingerprint density at radius 3 is 2.50 bits per heavy atom. The number of halogens is 3. The second kappa shape index (κ2) is 4.03. The van der Waals surface area contributed by atoms with E-state index in [1.807, 2.05) is 0 Å². The van der Waals surface area contributed by atoms with Gasteiger partial charge in [-0.3, -0.25) is 0 Å². The van der Waals surface area contributed by atoms with Gasteiger partial charge in [0, 0.05) is 6.54 Å². The zero-order chi connectivity index (χ0) is 10.8. The van der Waals surface area contributed by atoms with Crippen LogP contribution in [0.4, 0.5) is 13.2 Å². The van der Waals surface area contributed by atoms with Gasteiger partial charge in [0.2, 0.25) is 0 Å². The second-order valence-electron chi connectivity index (χ2n) is 3.16. The summed E-state index contributed by atoms with van der Waals surface area (Å²) in [6.45, 7) is 1.12. The zero-order valence-electron chi connectivity index (χ0n) is 7.26. The van der Waals surface area contributed by atoms with Crippen LogP contribution in [0.15, 0.2) is 0 Å². The Hall–Kier alpha value is -0.340. The third-order valence-electron chi connectivity index (χ3n) is 2.03. The molecule has 0 radical (unpaired) electrons. The molecule has 14 heavy (non-hydrogen) atoms. The number of alkyl halides is 3. The van der Waals surface area contributed by atoms with Gasteiger partial charge in [-0.15, -0.1) is 0 Å². The normalized spacial score (nSPS) is 24.1. The second-order valence-corrected chi connectivity index (χ2v) is 4.91. The van der Waals surface area contributed by atoms with Crippen molar-refractivity contribution in [1.29, 1.82) is 0 Å². The van der Waals surface area contributed by atoms with Crippen molar-refractivity contribution in [3.05, 3.63) is 0 Å². The molecule has 0 aromatic heterocycles. The Kier molecular flexibility index (Phi) is 3.38. The van der Waals surface area contributed by atoms with Crippen LogP contribution in [0.1, 0.15) is 6.42 Å². The summed E-state index contributed by atoms with van der Waals surface area (Å²) < 4.78 is 58.2. The van der Waals surface area contributed by atoms with Crippen molar-refractivity contribution in [3.63, 3.8) is 0 Å². The lowest BCUT2D eigenvalue weighted by atomic mass is 10.1. The lowest BCUT2D eigenvalue weighted by Gasteiger charge is -2.12. The van der Waals surface area contributed by atoms with Crippen LogP contribution < -0.4 is 10.0 Å². The maximum atomic E-state index is 11.8. The molecule has 2 N–H and O–H groups in total. The summed E-state index contributed by atoms with van der Waals surface area (Å²) in [6, 6.07) is 0. The van der Waals surface area contributed by atoms with E-state index < -0.39 is 15.5 Å². The predicted molar refractivity (Wildman–Crippen MR) is 44.0 cm³/mol. The minimum atomic E-state index is -5.21. The van der Waals surface area contributed by atoms with Crippen LogP contribution in [0, 0.1) is 5.92 Å². The Balaban J connectivity index is 2.44. The minimum Gasteiger partial charge on any atom is -0.316 e. The quantitative estimate of drug-likeness (QED) is 0.722. The average Bonchev–Trinajstić information content (AvgIpc) is 2.50. The molecule has 8 heteroatoms. The van der Waals surface area contributed by atoms with E-state index in [1.165, 1.54) is 0 Å². The molecule has 0 aromatic carbocycles. The summed E-state index contributed by atoms with van der Waals surface area (Å²) in [5.41, 5.74) is -5.21. The van der Waals surface area contributed by atoms with Crippen LogP contribution in [0.5, 0.6) is 0 Å². The first-order chi connectivity index (χ1) is 6.33. The first-order valence-corrected chi connectivity index (χ1v) is 5.58. The summed E-state index contributed by atoms with van der Waals surface area (Å²) in [5.74, 6) is -0.0490. The monoisotopic (exact) mass is 232 g/mol. The Bertz CT molecular complexity index is 282. The molecular weight excluding hydrogens is 221 g/mol. The van der Waals surface area contributed by atoms with Crippen LogP contribution in [-0.4, -0.2) is 33.6 Å². The molecule has 1 aliphatic rings. The smallest absolute Gasteiger partial charge is 0.316 e. The lowest BCUT2D eigenvalue weighted by molar-refractivity contribution is -0.0448. The van der Waals surface area contributed by atoms with Gasteiger partial charge in [0.1, 0.15) is 0 Å². The molecular formula is C6H11F3N2O2S. The van der Waals surface area contributed by atoms with E-state index in [0.29, 0.717) is 13.0 Å². The van der Waals surface area contributed by atoms with E-state index in [0.717, 1.165) is 6.54 Å². The molecule has 0 aromatic rings. The molecule has 0 spiro atoms. The largest absolute Gasteiger partial charge is 0.511 e. The summed E-state index contributed by atoms with van der Waals surface area (Å²) in [6.07, 6.45) is 0.695. The molecule has 1 atom stereocenters. The molecule has 1 saturated heterocycles. The molecule has 4 nitrogen and oxygen atoms in total. The van der Waals surface area contributed by atoms with Crippen molar-refractivity contribution in [2.24, 2.45) is 5.92 Å². The average molecular weight is 232 g/mol. The van der Waals surface area contributed by atoms with Gasteiger partial charge in [0.05, 0.1) is 0 Å². The lowest BCUT2D eigenvalue weighted by Crippen LogP contribution is -2.39. The molecule has 0 aliphatic carbocycles. The topological polar surface area (TPSA) is 58.2 Å². The summed E-state index contributed by atoms with van der Waals surface area (Å²) in [7, 11) is -5.16. The third-order valence-corrected chi connectivity index (χ3v) is 3.19. The maximum absolute atomic E-state index is 11.8. The molecule has 1 rings (SSSR count). The first-order valence-electron chi connectivity index (χ1n) is 4.09. The van der Waals surface area contributed by atoms with Gasteiger partial charge in [-0.1, -0.05) is 0 Å². The molecule has 1 heterocycles. The van der Waals surface area contributed by atoms with Crippen LogP contribution in [-0.2, 0) is 10.0 Å². The number of hydrogen-bond donors (Lipinski definition) is 2. The summed E-state index contributed by atoms with van der Waals surface area (Å²) in [5, 5.41) is 2.93. The van der Waals surface area contributed by atoms with Gasteiger partial charge in [-0.25, -0.2) is 13.1 Å². The van der Waals surface area contributed by atoms with Crippen molar-refractivity contribution < 1.29 is 21.6 Å². The molecule has 0 saturated carbocycles. The highest BCUT2D eigenvalue weighted by atomic mass is 32.2. The molecule has 1 aliphatic heterocycles. The molecule has 0 amide bonds. The Labute approximate surface area is 79.9 Å². The number of nitrogens with one attached hydrogen (secondary N) is 2. The van der Waals surface area contributed by atoms with Gasteiger partial charge in [0.25, 0.3) is 0 Å². The summed E-state index contributed by atoms with van der Waals surface area (Å²) >= 11 is 0. The van der Waals surface area contributed by atoms with Gasteiger partial charge in [-0.2, -0.15) is 13.2 Å². The Morgan fingerprint density at radius 1 is 1.43 bits per heavy atom.